The minimum Gasteiger partial charge on any atom is -0.361 e. The van der Waals surface area contributed by atoms with E-state index in [4.69, 9.17) is 11.6 Å². The molecule has 0 aliphatic heterocycles. The van der Waals surface area contributed by atoms with E-state index < -0.39 is 4.92 Å². The van der Waals surface area contributed by atoms with Gasteiger partial charge in [0.1, 0.15) is 6.20 Å². The van der Waals surface area contributed by atoms with Crippen molar-refractivity contribution in [1.29, 1.82) is 0 Å². The summed E-state index contributed by atoms with van der Waals surface area (Å²) in [4.78, 5) is 18.0. The lowest BCUT2D eigenvalue weighted by atomic mass is 9.84. The predicted octanol–water partition coefficient (Wildman–Crippen LogP) is 3.42. The van der Waals surface area contributed by atoms with Gasteiger partial charge in [-0.25, -0.2) is 4.98 Å². The zero-order chi connectivity index (χ0) is 13.8. The molecular weight excluding hydrogens is 268 g/mol. The van der Waals surface area contributed by atoms with E-state index in [1.54, 1.807) is 0 Å². The molecular formula is C12H17ClN4O2. The molecule has 2 atom stereocenters. The largest absolute Gasteiger partial charge is 0.361 e. The van der Waals surface area contributed by atoms with Crippen molar-refractivity contribution in [1.82, 2.24) is 9.97 Å². The molecule has 1 fully saturated rings. The van der Waals surface area contributed by atoms with Crippen LogP contribution in [-0.4, -0.2) is 20.9 Å². The molecule has 1 N–H and O–H groups in total. The molecule has 1 aromatic heterocycles. The lowest BCUT2D eigenvalue weighted by Gasteiger charge is -2.29. The van der Waals surface area contributed by atoms with Crippen LogP contribution in [0.15, 0.2) is 6.20 Å². The van der Waals surface area contributed by atoms with Crippen LogP contribution >= 0.6 is 11.6 Å². The van der Waals surface area contributed by atoms with Gasteiger partial charge in [0.05, 0.1) is 4.92 Å². The molecule has 1 heterocycles. The van der Waals surface area contributed by atoms with E-state index in [1.165, 1.54) is 6.42 Å². The molecule has 1 aromatic rings. The van der Waals surface area contributed by atoms with Crippen molar-refractivity contribution in [3.05, 3.63) is 21.6 Å². The van der Waals surface area contributed by atoms with Gasteiger partial charge in [-0.2, -0.15) is 4.98 Å². The molecule has 2 rings (SSSR count). The summed E-state index contributed by atoms with van der Waals surface area (Å²) in [5.41, 5.74) is -0.122. The maximum Gasteiger partial charge on any atom is 0.329 e. The number of rotatable bonds is 4. The molecule has 1 aliphatic carbocycles. The average Bonchev–Trinajstić information content (AvgIpc) is 2.38. The van der Waals surface area contributed by atoms with Crippen LogP contribution in [0.2, 0.25) is 5.28 Å². The number of halogens is 1. The van der Waals surface area contributed by atoms with Crippen LogP contribution in [0, 0.1) is 16.0 Å². The lowest BCUT2D eigenvalue weighted by Crippen LogP contribution is -2.27. The van der Waals surface area contributed by atoms with Crippen molar-refractivity contribution in [2.45, 2.75) is 45.1 Å². The highest BCUT2D eigenvalue weighted by Crippen LogP contribution is 2.30. The first-order valence-corrected chi connectivity index (χ1v) is 6.91. The molecule has 0 radical (unpaired) electrons. The molecule has 0 aromatic carbocycles. The SMILES string of the molecule is CCC1CCCC(Nc2nc(Cl)ncc2[N+](=O)[O-])C1. The fourth-order valence-electron chi connectivity index (χ4n) is 2.58. The summed E-state index contributed by atoms with van der Waals surface area (Å²) in [5.74, 6) is 0.911. The van der Waals surface area contributed by atoms with E-state index in [2.05, 4.69) is 22.2 Å². The molecule has 0 amide bonds. The van der Waals surface area contributed by atoms with Gasteiger partial charge in [-0.3, -0.25) is 10.1 Å². The molecule has 0 spiro atoms. The standard InChI is InChI=1S/C12H17ClN4O2/c1-2-8-4-3-5-9(6-8)15-11-10(17(18)19)7-14-12(13)16-11/h7-9H,2-6H2,1H3,(H,14,15,16). The van der Waals surface area contributed by atoms with Gasteiger partial charge in [0.15, 0.2) is 0 Å². The van der Waals surface area contributed by atoms with Crippen molar-refractivity contribution in [2.75, 3.05) is 5.32 Å². The van der Waals surface area contributed by atoms with Gasteiger partial charge in [-0.15, -0.1) is 0 Å². The number of hydrogen-bond donors (Lipinski definition) is 1. The molecule has 0 saturated heterocycles. The summed E-state index contributed by atoms with van der Waals surface area (Å²) in [7, 11) is 0. The molecule has 0 bridgehead atoms. The van der Waals surface area contributed by atoms with Gasteiger partial charge in [0.25, 0.3) is 0 Å². The monoisotopic (exact) mass is 284 g/mol. The smallest absolute Gasteiger partial charge is 0.329 e. The van der Waals surface area contributed by atoms with E-state index in [0.717, 1.165) is 31.9 Å². The first kappa shape index (κ1) is 14.0. The third kappa shape index (κ3) is 3.53. The van der Waals surface area contributed by atoms with Crippen molar-refractivity contribution >= 4 is 23.1 Å². The zero-order valence-corrected chi connectivity index (χ0v) is 11.6. The second-order valence-electron chi connectivity index (χ2n) is 4.91. The van der Waals surface area contributed by atoms with Crippen LogP contribution < -0.4 is 5.32 Å². The summed E-state index contributed by atoms with van der Waals surface area (Å²) in [6.45, 7) is 2.18. The maximum absolute atomic E-state index is 10.9. The van der Waals surface area contributed by atoms with Crippen molar-refractivity contribution in [3.63, 3.8) is 0 Å². The van der Waals surface area contributed by atoms with E-state index in [1.807, 2.05) is 0 Å². The van der Waals surface area contributed by atoms with E-state index in [0.29, 0.717) is 5.92 Å². The number of nitrogens with zero attached hydrogens (tertiary/aromatic N) is 3. The van der Waals surface area contributed by atoms with E-state index in [9.17, 15) is 10.1 Å². The van der Waals surface area contributed by atoms with E-state index in [-0.39, 0.29) is 22.8 Å². The Bertz CT molecular complexity index is 469. The average molecular weight is 285 g/mol. The molecule has 19 heavy (non-hydrogen) atoms. The molecule has 1 saturated carbocycles. The van der Waals surface area contributed by atoms with Gasteiger partial charge in [-0.1, -0.05) is 26.2 Å². The fraction of sp³-hybridized carbons (Fsp3) is 0.667. The van der Waals surface area contributed by atoms with Crippen LogP contribution in [-0.2, 0) is 0 Å². The van der Waals surface area contributed by atoms with Gasteiger partial charge in [0, 0.05) is 6.04 Å². The number of hydrogen-bond acceptors (Lipinski definition) is 5. The number of nitrogens with one attached hydrogen (secondary N) is 1. The molecule has 104 valence electrons. The first-order chi connectivity index (χ1) is 9.10. The Balaban J connectivity index is 2.13. The highest BCUT2D eigenvalue weighted by Gasteiger charge is 2.24. The van der Waals surface area contributed by atoms with Crippen LogP contribution in [0.4, 0.5) is 11.5 Å². The number of nitro groups is 1. The minimum atomic E-state index is -0.487. The summed E-state index contributed by atoms with van der Waals surface area (Å²) in [6, 6.07) is 0.225. The normalized spacial score (nSPS) is 23.1. The Hall–Kier alpha value is -1.43. The second kappa shape index (κ2) is 6.14. The third-order valence-corrected chi connectivity index (χ3v) is 3.82. The molecule has 7 heteroatoms. The van der Waals surface area contributed by atoms with Crippen LogP contribution in [0.5, 0.6) is 0 Å². The van der Waals surface area contributed by atoms with Gasteiger partial charge in [0.2, 0.25) is 11.1 Å². The number of aromatic nitrogens is 2. The lowest BCUT2D eigenvalue weighted by molar-refractivity contribution is -0.384. The maximum atomic E-state index is 10.9. The first-order valence-electron chi connectivity index (χ1n) is 6.53. The Morgan fingerprint density at radius 1 is 1.58 bits per heavy atom. The molecule has 2 unspecified atom stereocenters. The quantitative estimate of drug-likeness (QED) is 0.520. The Morgan fingerprint density at radius 2 is 2.37 bits per heavy atom. The summed E-state index contributed by atoms with van der Waals surface area (Å²) >= 11 is 5.71. The summed E-state index contributed by atoms with van der Waals surface area (Å²) < 4.78 is 0. The van der Waals surface area contributed by atoms with Crippen LogP contribution in [0.25, 0.3) is 0 Å². The highest BCUT2D eigenvalue weighted by atomic mass is 35.5. The highest BCUT2D eigenvalue weighted by molar-refractivity contribution is 6.28. The predicted molar refractivity (Wildman–Crippen MR) is 73.4 cm³/mol. The topological polar surface area (TPSA) is 81.0 Å². The fourth-order valence-corrected chi connectivity index (χ4v) is 2.71. The number of anilines is 1. The zero-order valence-electron chi connectivity index (χ0n) is 10.8. The molecule has 6 nitrogen and oxygen atoms in total. The van der Waals surface area contributed by atoms with Gasteiger partial charge < -0.3 is 5.32 Å². The molecule has 1 aliphatic rings. The van der Waals surface area contributed by atoms with Crippen molar-refractivity contribution in [3.8, 4) is 0 Å². The van der Waals surface area contributed by atoms with Gasteiger partial charge >= 0.3 is 5.69 Å². The van der Waals surface area contributed by atoms with E-state index >= 15 is 0 Å². The third-order valence-electron chi connectivity index (χ3n) is 3.64. The van der Waals surface area contributed by atoms with Gasteiger partial charge in [-0.05, 0) is 30.4 Å². The summed E-state index contributed by atoms with van der Waals surface area (Å²) in [5, 5.41) is 14.1. The Morgan fingerprint density at radius 3 is 3.05 bits per heavy atom. The summed E-state index contributed by atoms with van der Waals surface area (Å²) in [6.07, 6.45) is 6.71. The Labute approximate surface area is 116 Å². The second-order valence-corrected chi connectivity index (χ2v) is 5.25. The van der Waals surface area contributed by atoms with Crippen molar-refractivity contribution < 1.29 is 4.92 Å². The van der Waals surface area contributed by atoms with Crippen LogP contribution in [0.1, 0.15) is 39.0 Å². The van der Waals surface area contributed by atoms with Crippen molar-refractivity contribution in [2.24, 2.45) is 5.92 Å². The minimum absolute atomic E-state index is 0.0240. The van der Waals surface area contributed by atoms with Crippen LogP contribution in [0.3, 0.4) is 0 Å². The Kier molecular flexibility index (Phi) is 4.52.